The summed E-state index contributed by atoms with van der Waals surface area (Å²) in [7, 11) is 0. The number of hydrogen-bond acceptors (Lipinski definition) is 2. The third-order valence-electron chi connectivity index (χ3n) is 9.78. The van der Waals surface area contributed by atoms with E-state index < -0.39 is 0 Å². The van der Waals surface area contributed by atoms with Crippen LogP contribution in [-0.4, -0.2) is 0 Å². The fraction of sp³-hybridized carbons (Fsp3) is 0.0385. The topological polar surface area (TPSA) is 6.48 Å². The second-order valence-corrected chi connectivity index (χ2v) is 13.7. The molecule has 8 aromatic rings. The van der Waals surface area contributed by atoms with E-state index in [-0.39, 0.29) is 0 Å². The van der Waals surface area contributed by atoms with Crippen LogP contribution >= 0.6 is 0 Å². The monoisotopic (exact) mass is 694 g/mol. The number of rotatable bonds is 10. The lowest BCUT2D eigenvalue weighted by molar-refractivity contribution is 1.27. The summed E-state index contributed by atoms with van der Waals surface area (Å²) in [4.78, 5) is 4.73. The van der Waals surface area contributed by atoms with Crippen LogP contribution in [0, 0.1) is 13.8 Å². The normalized spacial score (nSPS) is 11.4. The third-order valence-corrected chi connectivity index (χ3v) is 9.78. The molecule has 0 N–H and O–H groups in total. The molecule has 0 fully saturated rings. The van der Waals surface area contributed by atoms with Crippen LogP contribution in [0.2, 0.25) is 0 Å². The van der Waals surface area contributed by atoms with Crippen molar-refractivity contribution in [3.63, 3.8) is 0 Å². The number of para-hydroxylation sites is 2. The lowest BCUT2D eigenvalue weighted by atomic mass is 10.0. The van der Waals surface area contributed by atoms with Crippen molar-refractivity contribution in [1.29, 1.82) is 0 Å². The first-order valence-corrected chi connectivity index (χ1v) is 18.5. The molecule has 0 aliphatic heterocycles. The average Bonchev–Trinajstić information content (AvgIpc) is 3.23. The molecule has 0 heterocycles. The zero-order valence-electron chi connectivity index (χ0n) is 30.7. The highest BCUT2D eigenvalue weighted by Gasteiger charge is 2.20. The Kier molecular flexibility index (Phi) is 9.99. The molecule has 8 rings (SSSR count). The first-order valence-electron chi connectivity index (χ1n) is 18.5. The van der Waals surface area contributed by atoms with Gasteiger partial charge in [-0.3, -0.25) is 0 Å². The molecular weight excluding hydrogens is 653 g/mol. The highest BCUT2D eigenvalue weighted by atomic mass is 15.2. The van der Waals surface area contributed by atoms with Gasteiger partial charge >= 0.3 is 0 Å². The second kappa shape index (κ2) is 15.8. The maximum absolute atomic E-state index is 2.36. The molecule has 0 saturated carbocycles. The second-order valence-electron chi connectivity index (χ2n) is 13.7. The van der Waals surface area contributed by atoms with E-state index in [1.807, 2.05) is 0 Å². The molecule has 0 aliphatic rings. The summed E-state index contributed by atoms with van der Waals surface area (Å²) in [6.45, 7) is 4.23. The maximum Gasteiger partial charge on any atom is 0.0541 e. The predicted molar refractivity (Wildman–Crippen MR) is 234 cm³/mol. The Labute approximate surface area is 319 Å². The van der Waals surface area contributed by atoms with E-state index in [2.05, 4.69) is 242 Å². The van der Waals surface area contributed by atoms with Gasteiger partial charge in [0, 0.05) is 33.5 Å². The van der Waals surface area contributed by atoms with Crippen LogP contribution in [0.25, 0.3) is 35.1 Å². The van der Waals surface area contributed by atoms with Gasteiger partial charge in [0.25, 0.3) is 0 Å². The van der Waals surface area contributed by atoms with E-state index in [1.165, 1.54) is 33.0 Å². The Balaban J connectivity index is 1.18. The van der Waals surface area contributed by atoms with Crippen molar-refractivity contribution in [2.75, 3.05) is 9.80 Å². The van der Waals surface area contributed by atoms with Gasteiger partial charge in [0.15, 0.2) is 0 Å². The average molecular weight is 695 g/mol. The Morgan fingerprint density at radius 2 is 0.556 bits per heavy atom. The van der Waals surface area contributed by atoms with Crippen molar-refractivity contribution in [1.82, 2.24) is 0 Å². The van der Waals surface area contributed by atoms with Gasteiger partial charge in [-0.15, -0.1) is 0 Å². The van der Waals surface area contributed by atoms with E-state index in [9.17, 15) is 0 Å². The van der Waals surface area contributed by atoms with Crippen LogP contribution in [0.15, 0.2) is 194 Å². The van der Waals surface area contributed by atoms with E-state index in [0.717, 1.165) is 45.3 Å². The smallest absolute Gasteiger partial charge is 0.0541 e. The Hall–Kier alpha value is -6.90. The van der Waals surface area contributed by atoms with Gasteiger partial charge in [0.2, 0.25) is 0 Å². The molecule has 0 saturated heterocycles. The number of hydrogen-bond donors (Lipinski definition) is 0. The minimum atomic E-state index is 1.10. The Morgan fingerprint density at radius 1 is 0.278 bits per heavy atom. The highest BCUT2D eigenvalue weighted by molar-refractivity contribution is 6.07. The van der Waals surface area contributed by atoms with Crippen LogP contribution in [0.1, 0.15) is 33.4 Å². The number of anilines is 6. The van der Waals surface area contributed by atoms with E-state index in [4.69, 9.17) is 0 Å². The summed E-state index contributed by atoms with van der Waals surface area (Å²) in [5.74, 6) is 0. The highest BCUT2D eigenvalue weighted by Crippen LogP contribution is 2.45. The van der Waals surface area contributed by atoms with Crippen molar-refractivity contribution < 1.29 is 0 Å². The number of nitrogens with zero attached hydrogens (tertiary/aromatic N) is 2. The predicted octanol–water partition coefficient (Wildman–Crippen LogP) is 14.7. The molecule has 260 valence electrons. The standard InChI is InChI=1S/C52H42N2/c1-39-17-21-41(22-18-39)25-27-43-29-33-47(34-30-43)53(45-11-5-3-6-12-45)51-37-38-52(50-16-10-9-15-49(50)51)54(46-13-7-4-8-14-46)48-35-31-44(32-36-48)28-26-42-23-19-40(2)20-24-42/h3-38H,1-2H3. The quantitative estimate of drug-likeness (QED) is 0.132. The van der Waals surface area contributed by atoms with Gasteiger partial charge in [-0.25, -0.2) is 0 Å². The summed E-state index contributed by atoms with van der Waals surface area (Å²) >= 11 is 0. The van der Waals surface area contributed by atoms with Crippen LogP contribution in [0.5, 0.6) is 0 Å². The molecule has 54 heavy (non-hydrogen) atoms. The van der Waals surface area contributed by atoms with Crippen molar-refractivity contribution in [3.05, 3.63) is 228 Å². The van der Waals surface area contributed by atoms with E-state index in [1.54, 1.807) is 0 Å². The summed E-state index contributed by atoms with van der Waals surface area (Å²) in [6.07, 6.45) is 8.70. The number of fused-ring (bicyclic) bond motifs is 1. The zero-order valence-corrected chi connectivity index (χ0v) is 30.7. The maximum atomic E-state index is 2.36. The van der Waals surface area contributed by atoms with E-state index >= 15 is 0 Å². The molecular formula is C52H42N2. The minimum Gasteiger partial charge on any atom is -0.310 e. The molecule has 0 radical (unpaired) electrons. The largest absolute Gasteiger partial charge is 0.310 e. The first kappa shape index (κ1) is 34.2. The van der Waals surface area contributed by atoms with Crippen molar-refractivity contribution in [2.24, 2.45) is 0 Å². The molecule has 2 heteroatoms. The minimum absolute atomic E-state index is 1.10. The summed E-state index contributed by atoms with van der Waals surface area (Å²) in [5, 5.41) is 2.33. The lowest BCUT2D eigenvalue weighted by Crippen LogP contribution is -2.13. The molecule has 0 aromatic heterocycles. The first-order chi connectivity index (χ1) is 26.6. The molecule has 0 unspecified atom stereocenters. The zero-order chi connectivity index (χ0) is 36.7. The van der Waals surface area contributed by atoms with Gasteiger partial charge in [0.05, 0.1) is 11.4 Å². The summed E-state index contributed by atoms with van der Waals surface area (Å²) in [6, 6.07) is 69.5. The van der Waals surface area contributed by atoms with Gasteiger partial charge in [-0.1, -0.05) is 169 Å². The van der Waals surface area contributed by atoms with Crippen LogP contribution in [0.3, 0.4) is 0 Å². The van der Waals surface area contributed by atoms with Crippen molar-refractivity contribution in [2.45, 2.75) is 13.8 Å². The van der Waals surface area contributed by atoms with Gasteiger partial charge < -0.3 is 9.80 Å². The van der Waals surface area contributed by atoms with E-state index in [0.29, 0.717) is 0 Å². The van der Waals surface area contributed by atoms with Crippen LogP contribution in [-0.2, 0) is 0 Å². The molecule has 8 aromatic carbocycles. The summed E-state index contributed by atoms with van der Waals surface area (Å²) < 4.78 is 0. The van der Waals surface area contributed by atoms with Crippen molar-refractivity contribution >= 4 is 69.2 Å². The van der Waals surface area contributed by atoms with Crippen LogP contribution in [0.4, 0.5) is 34.1 Å². The fourth-order valence-corrected chi connectivity index (χ4v) is 6.87. The SMILES string of the molecule is Cc1ccc(C=Cc2ccc(N(c3ccccc3)c3ccc(N(c4ccccc4)c4ccc(C=Cc5ccc(C)cc5)cc4)c4ccccc34)cc2)cc1. The van der Waals surface area contributed by atoms with Gasteiger partial charge in [0.1, 0.15) is 0 Å². The summed E-state index contributed by atoms with van der Waals surface area (Å²) in [5.41, 5.74) is 13.9. The molecule has 0 atom stereocenters. The molecule has 0 bridgehead atoms. The van der Waals surface area contributed by atoms with Crippen molar-refractivity contribution in [3.8, 4) is 0 Å². The Bertz CT molecular complexity index is 2330. The van der Waals surface area contributed by atoms with Gasteiger partial charge in [-0.05, 0) is 96.8 Å². The number of benzene rings is 8. The molecule has 0 amide bonds. The lowest BCUT2D eigenvalue weighted by Gasteiger charge is -2.30. The van der Waals surface area contributed by atoms with Crippen LogP contribution < -0.4 is 9.80 Å². The Morgan fingerprint density at radius 3 is 0.889 bits per heavy atom. The fourth-order valence-electron chi connectivity index (χ4n) is 6.87. The molecule has 0 aliphatic carbocycles. The third kappa shape index (κ3) is 7.65. The molecule has 0 spiro atoms. The number of aryl methyl sites for hydroxylation is 2. The van der Waals surface area contributed by atoms with Gasteiger partial charge in [-0.2, -0.15) is 0 Å². The molecule has 2 nitrogen and oxygen atoms in total.